The zero-order valence-corrected chi connectivity index (χ0v) is 13.7. The average Bonchev–Trinajstić information content (AvgIpc) is 2.43. The lowest BCUT2D eigenvalue weighted by Crippen LogP contribution is -2.37. The molecule has 0 aromatic heterocycles. The largest absolute Gasteiger partial charge is 0.444 e. The van der Waals surface area contributed by atoms with Crippen LogP contribution in [0.25, 0.3) is 0 Å². The molecule has 0 atom stereocenters. The summed E-state index contributed by atoms with van der Waals surface area (Å²) in [6, 6.07) is 10.2. The minimum Gasteiger partial charge on any atom is -0.444 e. The molecule has 1 aromatic rings. The van der Waals surface area contributed by atoms with Gasteiger partial charge in [0.05, 0.1) is 13.2 Å². The first kappa shape index (κ1) is 19.9. The number of nitrogens with two attached hydrogens (primary N) is 1. The van der Waals surface area contributed by atoms with Crippen LogP contribution < -0.4 is 11.1 Å². The van der Waals surface area contributed by atoms with E-state index in [0.29, 0.717) is 0 Å². The molecule has 0 aliphatic carbocycles. The molecule has 1 rings (SSSR count). The van der Waals surface area contributed by atoms with Crippen LogP contribution in [0.15, 0.2) is 30.3 Å². The van der Waals surface area contributed by atoms with Gasteiger partial charge in [-0.05, 0) is 33.3 Å². The van der Waals surface area contributed by atoms with Gasteiger partial charge in [0.15, 0.2) is 0 Å². The molecule has 0 radical (unpaired) electrons. The zero-order valence-electron chi connectivity index (χ0n) is 13.7. The first-order chi connectivity index (χ1) is 10.2. The molecule has 124 valence electrons. The summed E-state index contributed by atoms with van der Waals surface area (Å²) in [5.74, 6) is -0.596. The Morgan fingerprint density at radius 2 is 1.77 bits per heavy atom. The smallest absolute Gasteiger partial charge is 0.408 e. The van der Waals surface area contributed by atoms with E-state index < -0.39 is 17.6 Å². The van der Waals surface area contributed by atoms with E-state index in [-0.39, 0.29) is 6.54 Å². The average molecular weight is 310 g/mol. The molecule has 0 unspecified atom stereocenters. The van der Waals surface area contributed by atoms with Crippen LogP contribution in [0.4, 0.5) is 4.79 Å². The van der Waals surface area contributed by atoms with Crippen molar-refractivity contribution >= 4 is 12.0 Å². The monoisotopic (exact) mass is 310 g/mol. The van der Waals surface area contributed by atoms with E-state index in [1.165, 1.54) is 5.56 Å². The molecule has 0 bridgehead atoms. The van der Waals surface area contributed by atoms with Gasteiger partial charge >= 0.3 is 6.09 Å². The molecular formula is C16H26N2O4. The zero-order chi connectivity index (χ0) is 17.0. The summed E-state index contributed by atoms with van der Waals surface area (Å²) in [4.78, 5) is 21.0. The predicted molar refractivity (Wildman–Crippen MR) is 85.2 cm³/mol. The molecule has 0 spiro atoms. The Balaban J connectivity index is 0.000000406. The summed E-state index contributed by atoms with van der Waals surface area (Å²) in [6.07, 6.45) is -0.638. The molecule has 0 aliphatic heterocycles. The number of benzene rings is 1. The fourth-order valence-corrected chi connectivity index (χ4v) is 1.27. The van der Waals surface area contributed by atoms with Gasteiger partial charge in [0, 0.05) is 6.61 Å². The quantitative estimate of drug-likeness (QED) is 0.872. The second-order valence-electron chi connectivity index (χ2n) is 5.44. The van der Waals surface area contributed by atoms with Gasteiger partial charge in [-0.1, -0.05) is 30.3 Å². The van der Waals surface area contributed by atoms with E-state index in [4.69, 9.17) is 15.2 Å². The Morgan fingerprint density at radius 1 is 1.18 bits per heavy atom. The Bertz CT molecular complexity index is 441. The lowest BCUT2D eigenvalue weighted by molar-refractivity contribution is -0.117. The number of nitrogens with one attached hydrogen (secondary N) is 1. The van der Waals surface area contributed by atoms with Gasteiger partial charge < -0.3 is 20.5 Å². The first-order valence-electron chi connectivity index (χ1n) is 7.11. The summed E-state index contributed by atoms with van der Waals surface area (Å²) in [7, 11) is 0. The molecular weight excluding hydrogens is 284 g/mol. The standard InChI is InChI=1S/C9H12O.C7H14N2O3/c1-2-10-8-9-6-4-3-5-7-9;1-7(2,3)12-6(11)9-4-5(8)10/h3-7H,2,8H2,1H3;4H2,1-3H3,(H2,8,10)(H,9,11). The van der Waals surface area contributed by atoms with E-state index in [1.807, 2.05) is 25.1 Å². The molecule has 0 saturated carbocycles. The fraction of sp³-hybridized carbons (Fsp3) is 0.500. The Kier molecular flexibility index (Phi) is 9.61. The van der Waals surface area contributed by atoms with Crippen LogP contribution in [-0.4, -0.2) is 30.8 Å². The summed E-state index contributed by atoms with van der Waals surface area (Å²) in [5, 5.41) is 2.20. The number of ether oxygens (including phenoxy) is 2. The SMILES string of the molecule is CC(C)(C)OC(=O)NCC(N)=O.CCOCc1ccccc1. The summed E-state index contributed by atoms with van der Waals surface area (Å²) in [5.41, 5.74) is 5.48. The van der Waals surface area contributed by atoms with Crippen LogP contribution in [0, 0.1) is 0 Å². The second kappa shape index (κ2) is 10.6. The Labute approximate surface area is 132 Å². The van der Waals surface area contributed by atoms with E-state index >= 15 is 0 Å². The third kappa shape index (κ3) is 12.9. The van der Waals surface area contributed by atoms with Crippen molar-refractivity contribution < 1.29 is 19.1 Å². The highest BCUT2D eigenvalue weighted by atomic mass is 16.6. The number of primary amides is 1. The van der Waals surface area contributed by atoms with Crippen molar-refractivity contribution in [3.8, 4) is 0 Å². The van der Waals surface area contributed by atoms with Crippen molar-refractivity contribution in [3.05, 3.63) is 35.9 Å². The van der Waals surface area contributed by atoms with E-state index in [1.54, 1.807) is 20.8 Å². The molecule has 22 heavy (non-hydrogen) atoms. The highest BCUT2D eigenvalue weighted by Crippen LogP contribution is 2.05. The number of carbonyl (C=O) groups is 2. The molecule has 0 fully saturated rings. The lowest BCUT2D eigenvalue weighted by Gasteiger charge is -2.19. The van der Waals surface area contributed by atoms with Gasteiger partial charge in [0.2, 0.25) is 5.91 Å². The topological polar surface area (TPSA) is 90.6 Å². The molecule has 2 amide bonds. The molecule has 0 aliphatic rings. The summed E-state index contributed by atoms with van der Waals surface area (Å²) < 4.78 is 10.0. The second-order valence-corrected chi connectivity index (χ2v) is 5.44. The number of rotatable bonds is 5. The number of alkyl carbamates (subject to hydrolysis) is 1. The van der Waals surface area contributed by atoms with Crippen LogP contribution in [0.5, 0.6) is 0 Å². The van der Waals surface area contributed by atoms with Gasteiger partial charge in [-0.3, -0.25) is 4.79 Å². The maximum absolute atomic E-state index is 10.8. The van der Waals surface area contributed by atoms with Gasteiger partial charge in [0.1, 0.15) is 5.60 Å². The minimum atomic E-state index is -0.638. The number of hydrogen-bond acceptors (Lipinski definition) is 4. The van der Waals surface area contributed by atoms with E-state index in [2.05, 4.69) is 17.4 Å². The molecule has 0 saturated heterocycles. The number of amides is 2. The van der Waals surface area contributed by atoms with Gasteiger partial charge in [-0.2, -0.15) is 0 Å². The third-order valence-corrected chi connectivity index (χ3v) is 2.12. The van der Waals surface area contributed by atoms with Crippen molar-refractivity contribution in [2.45, 2.75) is 39.9 Å². The van der Waals surface area contributed by atoms with Crippen molar-refractivity contribution in [1.29, 1.82) is 0 Å². The van der Waals surface area contributed by atoms with Crippen molar-refractivity contribution in [2.75, 3.05) is 13.2 Å². The van der Waals surface area contributed by atoms with Gasteiger partial charge in [0.25, 0.3) is 0 Å². The van der Waals surface area contributed by atoms with Crippen molar-refractivity contribution in [1.82, 2.24) is 5.32 Å². The van der Waals surface area contributed by atoms with Crippen molar-refractivity contribution in [3.63, 3.8) is 0 Å². The Hall–Kier alpha value is -2.08. The Morgan fingerprint density at radius 3 is 2.23 bits per heavy atom. The molecule has 6 nitrogen and oxygen atoms in total. The molecule has 6 heteroatoms. The third-order valence-electron chi connectivity index (χ3n) is 2.12. The van der Waals surface area contributed by atoms with Crippen LogP contribution in [0.3, 0.4) is 0 Å². The predicted octanol–water partition coefficient (Wildman–Crippen LogP) is 2.22. The number of hydrogen-bond donors (Lipinski definition) is 2. The van der Waals surface area contributed by atoms with Crippen LogP contribution in [-0.2, 0) is 20.9 Å². The van der Waals surface area contributed by atoms with Gasteiger partial charge in [-0.15, -0.1) is 0 Å². The first-order valence-corrected chi connectivity index (χ1v) is 7.11. The van der Waals surface area contributed by atoms with Crippen LogP contribution in [0.1, 0.15) is 33.3 Å². The minimum absolute atomic E-state index is 0.199. The molecule has 1 aromatic carbocycles. The van der Waals surface area contributed by atoms with E-state index in [9.17, 15) is 9.59 Å². The van der Waals surface area contributed by atoms with Crippen molar-refractivity contribution in [2.24, 2.45) is 5.73 Å². The fourth-order valence-electron chi connectivity index (χ4n) is 1.27. The maximum Gasteiger partial charge on any atom is 0.408 e. The van der Waals surface area contributed by atoms with Crippen LogP contribution >= 0.6 is 0 Å². The van der Waals surface area contributed by atoms with Gasteiger partial charge in [-0.25, -0.2) is 4.79 Å². The van der Waals surface area contributed by atoms with Crippen LogP contribution in [0.2, 0.25) is 0 Å². The molecule has 0 heterocycles. The highest BCUT2D eigenvalue weighted by molar-refractivity contribution is 5.80. The summed E-state index contributed by atoms with van der Waals surface area (Å²) >= 11 is 0. The van der Waals surface area contributed by atoms with E-state index in [0.717, 1.165) is 13.2 Å². The normalized spacial score (nSPS) is 10.2. The maximum atomic E-state index is 10.8. The highest BCUT2D eigenvalue weighted by Gasteiger charge is 2.15. The number of carbonyl (C=O) groups excluding carboxylic acids is 2. The summed E-state index contributed by atoms with van der Waals surface area (Å²) in [6.45, 7) is 8.52. The molecule has 3 N–H and O–H groups in total. The lowest BCUT2D eigenvalue weighted by atomic mass is 10.2.